The maximum absolute atomic E-state index is 13.4. The Morgan fingerprint density at radius 3 is 2.75 bits per heavy atom. The van der Waals surface area contributed by atoms with Gasteiger partial charge in [-0.1, -0.05) is 32.5 Å². The molecule has 1 unspecified atom stereocenters. The number of carbonyl (C=O) groups excluding carboxylic acids is 1. The number of carbonyl (C=O) groups is 1. The fourth-order valence-corrected chi connectivity index (χ4v) is 5.60. The minimum atomic E-state index is -0.00502. The van der Waals surface area contributed by atoms with Crippen molar-refractivity contribution in [3.63, 3.8) is 0 Å². The Kier molecular flexibility index (Phi) is 7.20. The predicted molar refractivity (Wildman–Crippen MR) is 119 cm³/mol. The van der Waals surface area contributed by atoms with Crippen LogP contribution in [-0.4, -0.2) is 27.3 Å². The van der Waals surface area contributed by atoms with Gasteiger partial charge in [0.25, 0.3) is 5.56 Å². The third-order valence-corrected chi connectivity index (χ3v) is 7.48. The summed E-state index contributed by atoms with van der Waals surface area (Å²) in [4.78, 5) is 32.6. The van der Waals surface area contributed by atoms with Gasteiger partial charge in [-0.3, -0.25) is 14.2 Å². The monoisotopic (exact) mass is 421 g/mol. The molecule has 7 heteroatoms. The highest BCUT2D eigenvalue weighted by Gasteiger charge is 2.22. The molecule has 3 rings (SSSR count). The van der Waals surface area contributed by atoms with Crippen LogP contribution in [0.15, 0.2) is 9.95 Å². The number of fused-ring (bicyclic) bond motifs is 3. The molecular weight excluding hydrogens is 390 g/mol. The van der Waals surface area contributed by atoms with Crippen molar-refractivity contribution in [2.45, 2.75) is 84.0 Å². The van der Waals surface area contributed by atoms with Crippen LogP contribution in [0.25, 0.3) is 10.2 Å². The number of hydrogen-bond acceptors (Lipinski definition) is 5. The zero-order valence-corrected chi connectivity index (χ0v) is 19.0. The van der Waals surface area contributed by atoms with Gasteiger partial charge in [-0.2, -0.15) is 0 Å². The zero-order valence-electron chi connectivity index (χ0n) is 17.3. The number of amides is 1. The Morgan fingerprint density at radius 2 is 2.04 bits per heavy atom. The van der Waals surface area contributed by atoms with E-state index in [1.807, 2.05) is 11.5 Å². The van der Waals surface area contributed by atoms with E-state index in [2.05, 4.69) is 26.1 Å². The molecule has 0 aliphatic heterocycles. The first-order valence-electron chi connectivity index (χ1n) is 10.4. The summed E-state index contributed by atoms with van der Waals surface area (Å²) in [6, 6.07) is 0.163. The van der Waals surface area contributed by atoms with E-state index in [1.54, 1.807) is 11.3 Å². The van der Waals surface area contributed by atoms with E-state index < -0.39 is 0 Å². The van der Waals surface area contributed by atoms with Crippen LogP contribution in [-0.2, 0) is 24.2 Å². The van der Waals surface area contributed by atoms with Crippen LogP contribution in [0.4, 0.5) is 0 Å². The van der Waals surface area contributed by atoms with E-state index in [-0.39, 0.29) is 23.3 Å². The highest BCUT2D eigenvalue weighted by molar-refractivity contribution is 7.99. The maximum Gasteiger partial charge on any atom is 0.263 e. The molecule has 1 amide bonds. The molecule has 2 aromatic rings. The molecule has 154 valence electrons. The average Bonchev–Trinajstić information content (AvgIpc) is 3.03. The molecule has 2 heterocycles. The van der Waals surface area contributed by atoms with Crippen LogP contribution < -0.4 is 10.9 Å². The zero-order chi connectivity index (χ0) is 20.3. The van der Waals surface area contributed by atoms with E-state index in [0.29, 0.717) is 17.6 Å². The Hall–Kier alpha value is -1.34. The second-order valence-corrected chi connectivity index (χ2v) is 10.1. The maximum atomic E-state index is 13.4. The molecule has 1 atom stereocenters. The van der Waals surface area contributed by atoms with Crippen LogP contribution in [0, 0.1) is 5.92 Å². The summed E-state index contributed by atoms with van der Waals surface area (Å²) in [5.41, 5.74) is 1.31. The average molecular weight is 422 g/mol. The van der Waals surface area contributed by atoms with Gasteiger partial charge in [-0.05, 0) is 56.9 Å². The lowest BCUT2D eigenvalue weighted by atomic mass is 9.97. The minimum Gasteiger partial charge on any atom is -0.353 e. The van der Waals surface area contributed by atoms with Gasteiger partial charge in [-0.15, -0.1) is 11.3 Å². The summed E-state index contributed by atoms with van der Waals surface area (Å²) in [6.07, 6.45) is 6.21. The third kappa shape index (κ3) is 4.79. The second kappa shape index (κ2) is 9.44. The predicted octanol–water partition coefficient (Wildman–Crippen LogP) is 4.39. The molecule has 0 saturated heterocycles. The summed E-state index contributed by atoms with van der Waals surface area (Å²) in [6.45, 7) is 9.03. The number of thiophene rings is 1. The Morgan fingerprint density at radius 1 is 1.29 bits per heavy atom. The molecule has 0 fully saturated rings. The molecule has 5 nitrogen and oxygen atoms in total. The molecule has 0 spiro atoms. The van der Waals surface area contributed by atoms with Crippen LogP contribution in [0.3, 0.4) is 0 Å². The fourth-order valence-electron chi connectivity index (χ4n) is 3.46. The van der Waals surface area contributed by atoms with E-state index in [4.69, 9.17) is 4.98 Å². The summed E-state index contributed by atoms with van der Waals surface area (Å²) < 4.78 is 1.81. The standard InChI is InChI=1S/C21H31N3O2S2/c1-5-14(4)22-17(25)12-27-21-23-19-18(15-8-6-7-9-16(15)28-19)20(26)24(21)11-10-13(2)3/h13-14H,5-12H2,1-4H3,(H,22,25). The SMILES string of the molecule is CCC(C)NC(=O)CSc1nc2sc3c(c2c(=O)n1CCC(C)C)CCCC3. The van der Waals surface area contributed by atoms with E-state index >= 15 is 0 Å². The fraction of sp³-hybridized carbons (Fsp3) is 0.667. The Labute approximate surface area is 175 Å². The van der Waals surface area contributed by atoms with Crippen molar-refractivity contribution >= 4 is 39.2 Å². The number of aryl methyl sites for hydroxylation is 2. The summed E-state index contributed by atoms with van der Waals surface area (Å²) in [7, 11) is 0. The van der Waals surface area contributed by atoms with Gasteiger partial charge in [0.2, 0.25) is 5.91 Å². The van der Waals surface area contributed by atoms with Gasteiger partial charge < -0.3 is 5.32 Å². The number of aromatic nitrogens is 2. The van der Waals surface area contributed by atoms with E-state index in [1.165, 1.54) is 28.6 Å². The van der Waals surface area contributed by atoms with Crippen LogP contribution >= 0.6 is 23.1 Å². The van der Waals surface area contributed by atoms with Gasteiger partial charge >= 0.3 is 0 Å². The highest BCUT2D eigenvalue weighted by atomic mass is 32.2. The first-order chi connectivity index (χ1) is 13.4. The van der Waals surface area contributed by atoms with Crippen molar-refractivity contribution in [2.75, 3.05) is 5.75 Å². The Balaban J connectivity index is 1.94. The van der Waals surface area contributed by atoms with Crippen LogP contribution in [0.1, 0.15) is 63.8 Å². The quantitative estimate of drug-likeness (QED) is 0.507. The van der Waals surface area contributed by atoms with Crippen molar-refractivity contribution in [1.29, 1.82) is 0 Å². The van der Waals surface area contributed by atoms with Crippen molar-refractivity contribution in [3.05, 3.63) is 20.8 Å². The first-order valence-corrected chi connectivity index (χ1v) is 12.2. The lowest BCUT2D eigenvalue weighted by molar-refractivity contribution is -0.119. The topological polar surface area (TPSA) is 64.0 Å². The molecule has 1 N–H and O–H groups in total. The number of rotatable bonds is 8. The summed E-state index contributed by atoms with van der Waals surface area (Å²) >= 11 is 3.05. The van der Waals surface area contributed by atoms with E-state index in [0.717, 1.165) is 42.3 Å². The van der Waals surface area contributed by atoms with Gasteiger partial charge in [0.1, 0.15) is 4.83 Å². The normalized spacial score (nSPS) is 15.0. The lowest BCUT2D eigenvalue weighted by Gasteiger charge is -2.15. The van der Waals surface area contributed by atoms with Gasteiger partial charge in [-0.25, -0.2) is 4.98 Å². The van der Waals surface area contributed by atoms with Crippen molar-refractivity contribution < 1.29 is 4.79 Å². The van der Waals surface area contributed by atoms with Crippen molar-refractivity contribution in [1.82, 2.24) is 14.9 Å². The van der Waals surface area contributed by atoms with Gasteiger partial charge in [0, 0.05) is 17.5 Å². The molecule has 0 aromatic carbocycles. The van der Waals surface area contributed by atoms with Crippen molar-refractivity contribution in [2.24, 2.45) is 5.92 Å². The van der Waals surface area contributed by atoms with Crippen molar-refractivity contribution in [3.8, 4) is 0 Å². The van der Waals surface area contributed by atoms with Gasteiger partial charge in [0.05, 0.1) is 11.1 Å². The van der Waals surface area contributed by atoms with Crippen LogP contribution in [0.2, 0.25) is 0 Å². The molecule has 0 radical (unpaired) electrons. The molecule has 0 bridgehead atoms. The highest BCUT2D eigenvalue weighted by Crippen LogP contribution is 2.34. The first kappa shape index (κ1) is 21.4. The van der Waals surface area contributed by atoms with E-state index in [9.17, 15) is 9.59 Å². The number of nitrogens with one attached hydrogen (secondary N) is 1. The van der Waals surface area contributed by atoms with Crippen LogP contribution in [0.5, 0.6) is 0 Å². The minimum absolute atomic E-state index is 0.00502. The second-order valence-electron chi connectivity index (χ2n) is 8.09. The number of nitrogens with zero attached hydrogens (tertiary/aromatic N) is 2. The number of thioether (sulfide) groups is 1. The largest absolute Gasteiger partial charge is 0.353 e. The Bertz CT molecular complexity index is 901. The molecule has 1 aliphatic carbocycles. The molecule has 0 saturated carbocycles. The summed E-state index contributed by atoms with van der Waals surface area (Å²) in [5.74, 6) is 0.787. The summed E-state index contributed by atoms with van der Waals surface area (Å²) in [5, 5.41) is 4.50. The molecule has 28 heavy (non-hydrogen) atoms. The molecule has 2 aromatic heterocycles. The third-order valence-electron chi connectivity index (χ3n) is 5.32. The van der Waals surface area contributed by atoms with Gasteiger partial charge in [0.15, 0.2) is 5.16 Å². The number of hydrogen-bond donors (Lipinski definition) is 1. The molecule has 1 aliphatic rings. The molecular formula is C21H31N3O2S2. The smallest absolute Gasteiger partial charge is 0.263 e. The lowest BCUT2D eigenvalue weighted by Crippen LogP contribution is -2.33.